The number of rotatable bonds is 7. The average molecular weight is 419 g/mol. The Balaban J connectivity index is 3.16. The van der Waals surface area contributed by atoms with E-state index in [1.807, 2.05) is 13.8 Å². The van der Waals surface area contributed by atoms with Gasteiger partial charge in [0.05, 0.1) is 0 Å². The summed E-state index contributed by atoms with van der Waals surface area (Å²) in [6.07, 6.45) is 1.65. The summed E-state index contributed by atoms with van der Waals surface area (Å²) in [6.45, 7) is 4.54. The van der Waals surface area contributed by atoms with E-state index in [0.29, 0.717) is 20.6 Å². The summed E-state index contributed by atoms with van der Waals surface area (Å²) in [6, 6.07) is 1.83. The van der Waals surface area contributed by atoms with Crippen LogP contribution in [0.15, 0.2) is 20.1 Å². The highest BCUT2D eigenvalue weighted by Crippen LogP contribution is 2.32. The summed E-state index contributed by atoms with van der Waals surface area (Å²) in [5.41, 5.74) is 0. The first-order chi connectivity index (χ1) is 8.48. The van der Waals surface area contributed by atoms with Gasteiger partial charge in [0.15, 0.2) is 0 Å². The maximum absolute atomic E-state index is 12.6. The number of hydrogen-bond acceptors (Lipinski definition) is 3. The molecule has 0 aliphatic heterocycles. The summed E-state index contributed by atoms with van der Waals surface area (Å²) in [5, 5.41) is 2.43. The molecule has 0 N–H and O–H groups in total. The van der Waals surface area contributed by atoms with Crippen LogP contribution in [-0.2, 0) is 10.0 Å². The van der Waals surface area contributed by atoms with Gasteiger partial charge < -0.3 is 0 Å². The normalized spacial score (nSPS) is 12.6. The average Bonchev–Trinajstić information content (AvgIpc) is 2.76. The minimum absolute atomic E-state index is 0.0570. The van der Waals surface area contributed by atoms with E-state index in [0.717, 1.165) is 12.8 Å². The predicted octanol–water partition coefficient (Wildman–Crippen LogP) is 4.08. The fraction of sp³-hybridized carbons (Fsp3) is 0.636. The second-order valence-corrected chi connectivity index (χ2v) is 8.48. The summed E-state index contributed by atoms with van der Waals surface area (Å²) in [7, 11) is -3.40. The van der Waals surface area contributed by atoms with Crippen LogP contribution in [0.25, 0.3) is 0 Å². The van der Waals surface area contributed by atoms with Crippen LogP contribution >= 0.6 is 43.2 Å². The molecule has 1 heterocycles. The molecule has 18 heavy (non-hydrogen) atoms. The highest BCUT2D eigenvalue weighted by Gasteiger charge is 2.31. The molecule has 3 nitrogen and oxygen atoms in total. The molecular weight excluding hydrogens is 402 g/mol. The number of sulfonamides is 1. The Morgan fingerprint density at radius 3 is 2.39 bits per heavy atom. The van der Waals surface area contributed by atoms with Gasteiger partial charge in [-0.1, -0.05) is 29.8 Å². The lowest BCUT2D eigenvalue weighted by Gasteiger charge is -2.28. The van der Waals surface area contributed by atoms with Crippen LogP contribution in [0.5, 0.6) is 0 Å². The molecule has 7 heteroatoms. The summed E-state index contributed by atoms with van der Waals surface area (Å²) in [5.74, 6) is 0. The Kier molecular flexibility index (Phi) is 6.81. The minimum Gasteiger partial charge on any atom is -0.206 e. The monoisotopic (exact) mass is 417 g/mol. The molecule has 0 fully saturated rings. The van der Waals surface area contributed by atoms with E-state index in [4.69, 9.17) is 0 Å². The summed E-state index contributed by atoms with van der Waals surface area (Å²) >= 11 is 7.90. The quantitative estimate of drug-likeness (QED) is 0.625. The lowest BCUT2D eigenvalue weighted by Crippen LogP contribution is -2.40. The Morgan fingerprint density at radius 1 is 1.39 bits per heavy atom. The molecule has 0 unspecified atom stereocenters. The van der Waals surface area contributed by atoms with Gasteiger partial charge in [-0.15, -0.1) is 11.3 Å². The first-order valence-corrected chi connectivity index (χ1v) is 10.0. The highest BCUT2D eigenvalue weighted by molar-refractivity contribution is 9.10. The van der Waals surface area contributed by atoms with E-state index in [1.54, 1.807) is 15.8 Å². The third-order valence-corrected chi connectivity index (χ3v) is 7.74. The Bertz CT molecular complexity index is 469. The zero-order valence-corrected chi connectivity index (χ0v) is 15.2. The molecular formula is C11H17Br2NO2S2. The van der Waals surface area contributed by atoms with Gasteiger partial charge in [0, 0.05) is 22.4 Å². The van der Waals surface area contributed by atoms with E-state index in [-0.39, 0.29) is 6.04 Å². The van der Waals surface area contributed by atoms with Gasteiger partial charge in [0.1, 0.15) is 4.21 Å². The molecule has 0 saturated heterocycles. The van der Waals surface area contributed by atoms with Crippen molar-refractivity contribution in [3.63, 3.8) is 0 Å². The van der Waals surface area contributed by atoms with Crippen LogP contribution in [0.3, 0.4) is 0 Å². The molecule has 0 atom stereocenters. The number of thiophene rings is 1. The topological polar surface area (TPSA) is 37.4 Å². The van der Waals surface area contributed by atoms with Gasteiger partial charge in [-0.25, -0.2) is 8.42 Å². The Morgan fingerprint density at radius 2 is 2.00 bits per heavy atom. The van der Waals surface area contributed by atoms with Crippen LogP contribution in [0.4, 0.5) is 0 Å². The third kappa shape index (κ3) is 3.56. The molecule has 0 aromatic carbocycles. The van der Waals surface area contributed by atoms with Crippen molar-refractivity contribution in [2.45, 2.75) is 36.9 Å². The number of halogens is 2. The van der Waals surface area contributed by atoms with E-state index in [2.05, 4.69) is 31.9 Å². The third-order valence-electron chi connectivity index (χ3n) is 2.78. The predicted molar refractivity (Wildman–Crippen MR) is 84.1 cm³/mol. The summed E-state index contributed by atoms with van der Waals surface area (Å²) < 4.78 is 28.0. The van der Waals surface area contributed by atoms with Crippen molar-refractivity contribution < 1.29 is 8.42 Å². The first-order valence-electron chi connectivity index (χ1n) is 5.79. The van der Waals surface area contributed by atoms with Crippen molar-refractivity contribution in [2.24, 2.45) is 0 Å². The smallest absolute Gasteiger partial charge is 0.206 e. The number of hydrogen-bond donors (Lipinski definition) is 0. The van der Waals surface area contributed by atoms with E-state index in [9.17, 15) is 8.42 Å². The van der Waals surface area contributed by atoms with Crippen molar-refractivity contribution in [1.82, 2.24) is 4.31 Å². The Labute approximate surface area is 130 Å². The molecule has 0 spiro atoms. The number of alkyl halides is 1. The molecule has 0 saturated carbocycles. The van der Waals surface area contributed by atoms with E-state index >= 15 is 0 Å². The molecule has 1 rings (SSSR count). The molecule has 104 valence electrons. The standard InChI is InChI=1S/C11H17Br2NO2S2/c1-3-9(4-2)14(7-6-12)18(15,16)11-10(13)5-8-17-11/h5,8-9H,3-4,6-7H2,1-2H3. The van der Waals surface area contributed by atoms with Crippen LogP contribution in [0.1, 0.15) is 26.7 Å². The van der Waals surface area contributed by atoms with Gasteiger partial charge in [-0.05, 0) is 40.2 Å². The molecule has 1 aromatic heterocycles. The molecule has 0 radical (unpaired) electrons. The fourth-order valence-corrected chi connectivity index (χ4v) is 6.67. The molecule has 1 aromatic rings. The fourth-order valence-electron chi connectivity index (χ4n) is 1.85. The van der Waals surface area contributed by atoms with Crippen molar-refractivity contribution in [3.05, 3.63) is 15.9 Å². The van der Waals surface area contributed by atoms with Gasteiger partial charge in [0.25, 0.3) is 10.0 Å². The van der Waals surface area contributed by atoms with Gasteiger partial charge in [0.2, 0.25) is 0 Å². The molecule has 0 bridgehead atoms. The van der Waals surface area contributed by atoms with Crippen molar-refractivity contribution in [2.75, 3.05) is 11.9 Å². The Hall–Kier alpha value is 0.570. The first kappa shape index (κ1) is 16.6. The zero-order valence-electron chi connectivity index (χ0n) is 10.4. The van der Waals surface area contributed by atoms with E-state index < -0.39 is 10.0 Å². The van der Waals surface area contributed by atoms with Gasteiger partial charge in [-0.2, -0.15) is 4.31 Å². The summed E-state index contributed by atoms with van der Waals surface area (Å²) in [4.78, 5) is 0. The highest BCUT2D eigenvalue weighted by atomic mass is 79.9. The van der Waals surface area contributed by atoms with Crippen LogP contribution in [0, 0.1) is 0 Å². The lowest BCUT2D eigenvalue weighted by atomic mass is 10.2. The molecule has 0 amide bonds. The van der Waals surface area contributed by atoms with Crippen LogP contribution < -0.4 is 0 Å². The van der Waals surface area contributed by atoms with Crippen molar-refractivity contribution >= 4 is 53.2 Å². The number of nitrogens with zero attached hydrogens (tertiary/aromatic N) is 1. The second-order valence-electron chi connectivity index (χ2n) is 3.83. The van der Waals surface area contributed by atoms with E-state index in [1.165, 1.54) is 11.3 Å². The van der Waals surface area contributed by atoms with Gasteiger partial charge >= 0.3 is 0 Å². The van der Waals surface area contributed by atoms with Crippen LogP contribution in [-0.4, -0.2) is 30.6 Å². The zero-order chi connectivity index (χ0) is 13.8. The van der Waals surface area contributed by atoms with Crippen LogP contribution in [0.2, 0.25) is 0 Å². The largest absolute Gasteiger partial charge is 0.253 e. The molecule has 0 aliphatic rings. The lowest BCUT2D eigenvalue weighted by molar-refractivity contribution is 0.318. The maximum Gasteiger partial charge on any atom is 0.253 e. The van der Waals surface area contributed by atoms with Crippen molar-refractivity contribution in [3.8, 4) is 0 Å². The second kappa shape index (κ2) is 7.38. The van der Waals surface area contributed by atoms with Crippen molar-refractivity contribution in [1.29, 1.82) is 0 Å². The molecule has 0 aliphatic carbocycles. The van der Waals surface area contributed by atoms with Gasteiger partial charge in [-0.3, -0.25) is 0 Å². The maximum atomic E-state index is 12.6. The minimum atomic E-state index is -3.40. The SMILES string of the molecule is CCC(CC)N(CCBr)S(=O)(=O)c1sccc1Br.